The quantitative estimate of drug-likeness (QED) is 0.576. The number of ketones is 1. The lowest BCUT2D eigenvalue weighted by Gasteiger charge is -2.21. The van der Waals surface area contributed by atoms with E-state index in [2.05, 4.69) is 4.98 Å². The van der Waals surface area contributed by atoms with Gasteiger partial charge in [-0.05, 0) is 11.6 Å². The van der Waals surface area contributed by atoms with Gasteiger partial charge in [0, 0.05) is 23.5 Å². The highest BCUT2D eigenvalue weighted by Gasteiger charge is 2.40. The van der Waals surface area contributed by atoms with Gasteiger partial charge in [0.25, 0.3) is 0 Å². The first-order chi connectivity index (χ1) is 9.83. The molecule has 0 radical (unpaired) electrons. The van der Waals surface area contributed by atoms with Crippen LogP contribution in [-0.4, -0.2) is 43.6 Å². The first-order valence-electron chi connectivity index (χ1n) is 6.10. The van der Waals surface area contributed by atoms with Gasteiger partial charge in [0.05, 0.1) is 6.42 Å². The average molecular weight is 291 g/mol. The van der Waals surface area contributed by atoms with Gasteiger partial charge in [-0.3, -0.25) is 4.79 Å². The van der Waals surface area contributed by atoms with Gasteiger partial charge < -0.3 is 20.3 Å². The van der Waals surface area contributed by atoms with Gasteiger partial charge in [0.1, 0.15) is 0 Å². The Morgan fingerprint density at radius 1 is 1.14 bits per heavy atom. The zero-order valence-electron chi connectivity index (χ0n) is 10.9. The summed E-state index contributed by atoms with van der Waals surface area (Å²) in [6, 6.07) is 7.06. The zero-order chi connectivity index (χ0) is 15.6. The number of hydrogen-bond acceptors (Lipinski definition) is 4. The minimum atomic E-state index is -2.46. The second-order valence-electron chi connectivity index (χ2n) is 4.78. The highest BCUT2D eigenvalue weighted by atomic mass is 16.4. The van der Waals surface area contributed by atoms with Gasteiger partial charge in [-0.1, -0.05) is 18.2 Å². The van der Waals surface area contributed by atoms with Crippen molar-refractivity contribution in [2.45, 2.75) is 18.4 Å². The number of aliphatic carboxylic acids is 2. The number of carboxylic acid groups (broad SMARTS) is 2. The predicted molar refractivity (Wildman–Crippen MR) is 71.8 cm³/mol. The molecule has 0 aliphatic rings. The third kappa shape index (κ3) is 2.92. The van der Waals surface area contributed by atoms with Crippen LogP contribution in [0, 0.1) is 0 Å². The van der Waals surface area contributed by atoms with E-state index in [1.807, 2.05) is 0 Å². The average Bonchev–Trinajstić information content (AvgIpc) is 2.81. The summed E-state index contributed by atoms with van der Waals surface area (Å²) < 4.78 is 0. The molecule has 110 valence electrons. The minimum Gasteiger partial charge on any atom is -0.479 e. The summed E-state index contributed by atoms with van der Waals surface area (Å²) >= 11 is 0. The van der Waals surface area contributed by atoms with Crippen molar-refractivity contribution in [2.75, 3.05) is 0 Å². The van der Waals surface area contributed by atoms with Crippen LogP contribution in [0.3, 0.4) is 0 Å². The van der Waals surface area contributed by atoms with E-state index in [0.717, 1.165) is 5.52 Å². The molecule has 1 heterocycles. The van der Waals surface area contributed by atoms with Gasteiger partial charge in [0.15, 0.2) is 5.60 Å². The lowest BCUT2D eigenvalue weighted by Crippen LogP contribution is -2.44. The summed E-state index contributed by atoms with van der Waals surface area (Å²) in [5, 5.41) is 28.5. The Labute approximate surface area is 118 Å². The van der Waals surface area contributed by atoms with Gasteiger partial charge in [0.2, 0.25) is 5.78 Å². The molecule has 4 N–H and O–H groups in total. The number of fused-ring (bicyclic) bond motifs is 1. The molecular weight excluding hydrogens is 278 g/mol. The Morgan fingerprint density at radius 2 is 1.81 bits per heavy atom. The Hall–Kier alpha value is -2.67. The number of benzene rings is 1. The molecule has 0 aliphatic carbocycles. The van der Waals surface area contributed by atoms with Crippen molar-refractivity contribution in [3.05, 3.63) is 36.0 Å². The van der Waals surface area contributed by atoms with Crippen LogP contribution in [0.25, 0.3) is 10.9 Å². The van der Waals surface area contributed by atoms with Gasteiger partial charge in [-0.2, -0.15) is 0 Å². The molecule has 0 fully saturated rings. The molecule has 0 unspecified atom stereocenters. The van der Waals surface area contributed by atoms with Crippen molar-refractivity contribution in [2.24, 2.45) is 0 Å². The maximum atomic E-state index is 11.2. The first kappa shape index (κ1) is 14.7. The van der Waals surface area contributed by atoms with Crippen molar-refractivity contribution in [1.29, 1.82) is 0 Å². The fourth-order valence-electron chi connectivity index (χ4n) is 2.15. The second kappa shape index (κ2) is 5.37. The summed E-state index contributed by atoms with van der Waals surface area (Å²) in [7, 11) is 0. The topological polar surface area (TPSA) is 128 Å². The Bertz CT molecular complexity index is 719. The van der Waals surface area contributed by atoms with Crippen molar-refractivity contribution in [3.8, 4) is 0 Å². The van der Waals surface area contributed by atoms with E-state index in [4.69, 9.17) is 10.2 Å². The zero-order valence-corrected chi connectivity index (χ0v) is 10.9. The van der Waals surface area contributed by atoms with Crippen LogP contribution in [-0.2, 0) is 20.8 Å². The molecule has 0 aliphatic heterocycles. The molecule has 0 bridgehead atoms. The molecule has 0 saturated carbocycles. The monoisotopic (exact) mass is 291 g/mol. The number of carbonyl (C=O) groups is 3. The molecule has 2 rings (SSSR count). The number of aromatic amines is 1. The van der Waals surface area contributed by atoms with Crippen LogP contribution in [0.5, 0.6) is 0 Å². The van der Waals surface area contributed by atoms with E-state index in [9.17, 15) is 19.5 Å². The van der Waals surface area contributed by atoms with E-state index in [1.165, 1.54) is 6.20 Å². The van der Waals surface area contributed by atoms with E-state index >= 15 is 0 Å². The minimum absolute atomic E-state index is 0.370. The van der Waals surface area contributed by atoms with Crippen LogP contribution < -0.4 is 0 Å². The lowest BCUT2D eigenvalue weighted by atomic mass is 9.89. The summed E-state index contributed by atoms with van der Waals surface area (Å²) in [5.74, 6) is -4.75. The number of Topliss-reactive ketones (excluding diaryl/α,β-unsaturated/α-hetero) is 1. The molecule has 1 atom stereocenters. The molecule has 7 heteroatoms. The fraction of sp³-hybridized carbons (Fsp3) is 0.214. The van der Waals surface area contributed by atoms with Crippen LogP contribution in [0.2, 0.25) is 0 Å². The highest BCUT2D eigenvalue weighted by molar-refractivity contribution is 6.33. The SMILES string of the molecule is O=C(O)C(=O)C[C@@](O)(Cc1c[nH]c2ccccc12)C(=O)O. The molecule has 1 aromatic heterocycles. The molecule has 2 aromatic rings. The number of hydrogen-bond donors (Lipinski definition) is 4. The molecule has 21 heavy (non-hydrogen) atoms. The van der Waals surface area contributed by atoms with Crippen molar-refractivity contribution >= 4 is 28.6 Å². The first-order valence-corrected chi connectivity index (χ1v) is 6.10. The summed E-state index contributed by atoms with van der Waals surface area (Å²) in [6.45, 7) is 0. The third-order valence-corrected chi connectivity index (χ3v) is 3.25. The molecular formula is C14H13NO6. The smallest absolute Gasteiger partial charge is 0.372 e. The lowest BCUT2D eigenvalue weighted by molar-refractivity contribution is -0.163. The Balaban J connectivity index is 2.34. The number of carbonyl (C=O) groups excluding carboxylic acids is 1. The van der Waals surface area contributed by atoms with E-state index in [1.54, 1.807) is 24.3 Å². The van der Waals surface area contributed by atoms with E-state index in [-0.39, 0.29) is 6.42 Å². The number of aliphatic hydroxyl groups is 1. The number of para-hydroxylation sites is 1. The molecule has 7 nitrogen and oxygen atoms in total. The number of rotatable bonds is 6. The third-order valence-electron chi connectivity index (χ3n) is 3.25. The largest absolute Gasteiger partial charge is 0.479 e. The maximum Gasteiger partial charge on any atom is 0.372 e. The second-order valence-corrected chi connectivity index (χ2v) is 4.78. The molecule has 0 saturated heterocycles. The van der Waals surface area contributed by atoms with E-state index < -0.39 is 29.7 Å². The number of aromatic nitrogens is 1. The maximum absolute atomic E-state index is 11.2. The summed E-state index contributed by atoms with van der Waals surface area (Å²) in [5.41, 5.74) is -1.21. The number of H-pyrrole nitrogens is 1. The van der Waals surface area contributed by atoms with Gasteiger partial charge >= 0.3 is 11.9 Å². The Kier molecular flexibility index (Phi) is 3.77. The fourth-order valence-corrected chi connectivity index (χ4v) is 2.15. The summed E-state index contributed by atoms with van der Waals surface area (Å²) in [6.07, 6.45) is 0.173. The number of nitrogens with one attached hydrogen (secondary N) is 1. The summed E-state index contributed by atoms with van der Waals surface area (Å²) in [4.78, 5) is 35.9. The number of carboxylic acids is 2. The Morgan fingerprint density at radius 3 is 2.43 bits per heavy atom. The van der Waals surface area contributed by atoms with E-state index in [0.29, 0.717) is 10.9 Å². The normalized spacial score (nSPS) is 13.8. The van der Waals surface area contributed by atoms with Crippen molar-refractivity contribution < 1.29 is 29.7 Å². The molecule has 0 amide bonds. The van der Waals surface area contributed by atoms with Crippen LogP contribution in [0.15, 0.2) is 30.5 Å². The van der Waals surface area contributed by atoms with Crippen LogP contribution >= 0.6 is 0 Å². The van der Waals surface area contributed by atoms with Gasteiger partial charge in [-0.15, -0.1) is 0 Å². The predicted octanol–water partition coefficient (Wildman–Crippen LogP) is 0.570. The van der Waals surface area contributed by atoms with Gasteiger partial charge in [-0.25, -0.2) is 9.59 Å². The molecule has 0 spiro atoms. The highest BCUT2D eigenvalue weighted by Crippen LogP contribution is 2.25. The standard InChI is InChI=1S/C14H13NO6/c16-11(12(17)18)6-14(21,13(19)20)5-8-7-15-10-4-2-1-3-9(8)10/h1-4,7,15,21H,5-6H2,(H,17,18)(H,19,20)/t14-/m0/s1. The van der Waals surface area contributed by atoms with Crippen molar-refractivity contribution in [1.82, 2.24) is 4.98 Å². The van der Waals surface area contributed by atoms with Crippen LogP contribution in [0.4, 0.5) is 0 Å². The molecule has 1 aromatic carbocycles. The van der Waals surface area contributed by atoms with Crippen molar-refractivity contribution in [3.63, 3.8) is 0 Å². The van der Waals surface area contributed by atoms with Crippen LogP contribution in [0.1, 0.15) is 12.0 Å².